The summed E-state index contributed by atoms with van der Waals surface area (Å²) in [5.74, 6) is -1.46. The summed E-state index contributed by atoms with van der Waals surface area (Å²) in [4.78, 5) is 25.2. The Balaban J connectivity index is 1.93. The van der Waals surface area contributed by atoms with Crippen LogP contribution in [0.2, 0.25) is 0 Å². The van der Waals surface area contributed by atoms with Gasteiger partial charge in [-0.2, -0.15) is 5.43 Å². The van der Waals surface area contributed by atoms with Crippen LogP contribution in [0.1, 0.15) is 6.42 Å². The topological polar surface area (TPSA) is 58.6 Å². The van der Waals surface area contributed by atoms with Crippen LogP contribution in [0.15, 0.2) is 71.0 Å². The van der Waals surface area contributed by atoms with Gasteiger partial charge in [0.05, 0.1) is 17.0 Å². The lowest BCUT2D eigenvalue weighted by molar-refractivity contribution is -0.133. The molecule has 0 spiro atoms. The molecule has 0 aromatic heterocycles. The fourth-order valence-corrected chi connectivity index (χ4v) is 3.24. The third kappa shape index (κ3) is 2.38. The molecular formula is C19H15FN2O3. The van der Waals surface area contributed by atoms with E-state index in [1.54, 1.807) is 23.2 Å². The molecule has 5 nitrogen and oxygen atoms in total. The summed E-state index contributed by atoms with van der Waals surface area (Å²) in [6.45, 7) is 0. The highest BCUT2D eigenvalue weighted by atomic mass is 19.1. The molecule has 126 valence electrons. The number of hydrazine groups is 1. The normalized spacial score (nSPS) is 22.5. The number of ether oxygens (including phenoxy) is 1. The van der Waals surface area contributed by atoms with Gasteiger partial charge in [0.15, 0.2) is 6.23 Å². The number of nitrogens with zero attached hydrogens (tertiary/aromatic N) is 1. The first-order chi connectivity index (χ1) is 12.1. The molecule has 1 heterocycles. The minimum absolute atomic E-state index is 0.274. The van der Waals surface area contributed by atoms with Crippen molar-refractivity contribution in [3.8, 4) is 0 Å². The lowest BCUT2D eigenvalue weighted by atomic mass is 9.84. The molecule has 0 fully saturated rings. The lowest BCUT2D eigenvalue weighted by Crippen LogP contribution is -2.39. The summed E-state index contributed by atoms with van der Waals surface area (Å²) in [5.41, 5.74) is 5.60. The largest absolute Gasteiger partial charge is 0.360 e. The predicted molar refractivity (Wildman–Crippen MR) is 89.8 cm³/mol. The van der Waals surface area contributed by atoms with E-state index in [9.17, 15) is 14.0 Å². The van der Waals surface area contributed by atoms with Crippen molar-refractivity contribution in [2.75, 3.05) is 12.1 Å². The van der Waals surface area contributed by atoms with Crippen LogP contribution >= 0.6 is 0 Å². The number of halogens is 1. The maximum atomic E-state index is 13.3. The predicted octanol–water partition coefficient (Wildman–Crippen LogP) is 2.34. The van der Waals surface area contributed by atoms with Gasteiger partial charge in [0.2, 0.25) is 11.6 Å². The van der Waals surface area contributed by atoms with Gasteiger partial charge >= 0.3 is 0 Å². The number of hydrogen-bond donors (Lipinski definition) is 1. The molecular weight excluding hydrogens is 323 g/mol. The molecule has 0 amide bonds. The molecule has 0 saturated carbocycles. The van der Waals surface area contributed by atoms with Crippen LogP contribution in [0.3, 0.4) is 0 Å². The second-order valence-electron chi connectivity index (χ2n) is 5.84. The van der Waals surface area contributed by atoms with E-state index in [0.29, 0.717) is 29.0 Å². The molecule has 1 unspecified atom stereocenters. The number of nitrogens with one attached hydrogen (secondary N) is 1. The number of methoxy groups -OCH3 is 1. The zero-order chi connectivity index (χ0) is 17.6. The van der Waals surface area contributed by atoms with Crippen LogP contribution in [0.4, 0.5) is 10.1 Å². The van der Waals surface area contributed by atoms with Gasteiger partial charge in [-0.15, -0.1) is 0 Å². The molecule has 2 aliphatic carbocycles. The van der Waals surface area contributed by atoms with E-state index in [0.717, 1.165) is 0 Å². The van der Waals surface area contributed by atoms with Gasteiger partial charge in [0.1, 0.15) is 5.82 Å². The van der Waals surface area contributed by atoms with Gasteiger partial charge in [-0.1, -0.05) is 24.3 Å². The van der Waals surface area contributed by atoms with Crippen molar-refractivity contribution in [2.45, 2.75) is 12.6 Å². The fraction of sp³-hybridized carbons (Fsp3) is 0.158. The molecule has 0 bridgehead atoms. The third-order valence-corrected chi connectivity index (χ3v) is 4.41. The summed E-state index contributed by atoms with van der Waals surface area (Å²) in [6.07, 6.45) is 7.17. The maximum absolute atomic E-state index is 13.3. The Morgan fingerprint density at radius 3 is 2.64 bits per heavy atom. The third-order valence-electron chi connectivity index (χ3n) is 4.41. The highest BCUT2D eigenvalue weighted by molar-refractivity contribution is 6.52. The number of rotatable bonds is 2. The average molecular weight is 338 g/mol. The van der Waals surface area contributed by atoms with Gasteiger partial charge < -0.3 is 4.74 Å². The van der Waals surface area contributed by atoms with Crippen LogP contribution in [0.25, 0.3) is 0 Å². The summed E-state index contributed by atoms with van der Waals surface area (Å²) in [5, 5.41) is 1.67. The Morgan fingerprint density at radius 1 is 1.16 bits per heavy atom. The number of Topliss-reactive ketones (excluding diaryl/α,β-unsaturated/α-hetero) is 2. The lowest BCUT2D eigenvalue weighted by Gasteiger charge is -2.26. The Hall–Kier alpha value is -2.83. The minimum atomic E-state index is -0.744. The smallest absolute Gasteiger partial charge is 0.235 e. The second kappa shape index (κ2) is 5.91. The molecule has 0 radical (unpaired) electrons. The first-order valence-corrected chi connectivity index (χ1v) is 7.87. The van der Waals surface area contributed by atoms with Crippen LogP contribution < -0.4 is 10.4 Å². The van der Waals surface area contributed by atoms with E-state index in [-0.39, 0.29) is 11.4 Å². The molecule has 3 aliphatic rings. The Kier molecular flexibility index (Phi) is 3.71. The maximum Gasteiger partial charge on any atom is 0.235 e. The minimum Gasteiger partial charge on any atom is -0.360 e. The molecule has 1 aromatic rings. The van der Waals surface area contributed by atoms with Crippen LogP contribution in [0.5, 0.6) is 0 Å². The van der Waals surface area contributed by atoms with Gasteiger partial charge in [-0.05, 0) is 30.7 Å². The summed E-state index contributed by atoms with van der Waals surface area (Å²) < 4.78 is 18.6. The second-order valence-corrected chi connectivity index (χ2v) is 5.84. The molecule has 1 N–H and O–H groups in total. The Labute approximate surface area is 143 Å². The van der Waals surface area contributed by atoms with E-state index in [2.05, 4.69) is 5.43 Å². The fourth-order valence-electron chi connectivity index (χ4n) is 3.24. The Morgan fingerprint density at radius 2 is 1.92 bits per heavy atom. The summed E-state index contributed by atoms with van der Waals surface area (Å²) in [6, 6.07) is 5.88. The van der Waals surface area contributed by atoms with Gasteiger partial charge in [0.25, 0.3) is 0 Å². The standard InChI is InChI=1S/C19H15FN2O3/c1-25-19-15-16(22(21-19)12-9-7-11(20)8-10-12)13-5-3-2-4-6-14(13)17(23)18(15)24/h2-3,5-10,19,21H,4H2,1H3. The number of ketones is 2. The van der Waals surface area contributed by atoms with Crippen molar-refractivity contribution in [3.05, 3.63) is 76.8 Å². The van der Waals surface area contributed by atoms with Gasteiger partial charge in [-0.25, -0.2) is 4.39 Å². The van der Waals surface area contributed by atoms with Crippen molar-refractivity contribution < 1.29 is 18.7 Å². The Bertz CT molecular complexity index is 894. The van der Waals surface area contributed by atoms with E-state index in [1.165, 1.54) is 19.2 Å². The molecule has 1 aromatic carbocycles. The zero-order valence-electron chi connectivity index (χ0n) is 13.5. The summed E-state index contributed by atoms with van der Waals surface area (Å²) >= 11 is 0. The molecule has 25 heavy (non-hydrogen) atoms. The molecule has 6 heteroatoms. The van der Waals surface area contributed by atoms with Crippen LogP contribution in [-0.2, 0) is 14.3 Å². The monoisotopic (exact) mass is 338 g/mol. The SMILES string of the molecule is COC1NN(c2ccc(F)cc2)C2=C1C(=O)C(=O)C1=CCC=CC=C12. The van der Waals surface area contributed by atoms with E-state index < -0.39 is 17.8 Å². The summed E-state index contributed by atoms with van der Waals surface area (Å²) in [7, 11) is 1.46. The highest BCUT2D eigenvalue weighted by Crippen LogP contribution is 2.40. The van der Waals surface area contributed by atoms with E-state index in [1.807, 2.05) is 18.2 Å². The van der Waals surface area contributed by atoms with E-state index in [4.69, 9.17) is 4.74 Å². The molecule has 4 rings (SSSR count). The van der Waals surface area contributed by atoms with Crippen molar-refractivity contribution in [3.63, 3.8) is 0 Å². The van der Waals surface area contributed by atoms with Gasteiger partial charge in [-0.3, -0.25) is 14.6 Å². The molecule has 1 atom stereocenters. The van der Waals surface area contributed by atoms with Gasteiger partial charge in [0, 0.05) is 18.3 Å². The van der Waals surface area contributed by atoms with Crippen molar-refractivity contribution in [1.82, 2.24) is 5.43 Å². The average Bonchev–Trinajstić information content (AvgIpc) is 2.83. The highest BCUT2D eigenvalue weighted by Gasteiger charge is 2.45. The van der Waals surface area contributed by atoms with Crippen molar-refractivity contribution in [1.29, 1.82) is 0 Å². The number of allylic oxidation sites excluding steroid dienone is 5. The number of benzene rings is 1. The van der Waals surface area contributed by atoms with Crippen LogP contribution in [0, 0.1) is 5.82 Å². The number of hydrogen-bond acceptors (Lipinski definition) is 5. The van der Waals surface area contributed by atoms with E-state index >= 15 is 0 Å². The van der Waals surface area contributed by atoms with Crippen LogP contribution in [-0.4, -0.2) is 24.9 Å². The quantitative estimate of drug-likeness (QED) is 0.839. The first-order valence-electron chi connectivity index (χ1n) is 7.87. The zero-order valence-corrected chi connectivity index (χ0v) is 13.5. The number of carbonyl (C=O) groups is 2. The first kappa shape index (κ1) is 15.7. The molecule has 0 saturated heterocycles. The number of carbonyl (C=O) groups excluding carboxylic acids is 2. The van der Waals surface area contributed by atoms with Crippen molar-refractivity contribution in [2.24, 2.45) is 0 Å². The molecule has 1 aliphatic heterocycles. The van der Waals surface area contributed by atoms with Crippen molar-refractivity contribution >= 4 is 17.3 Å². The number of anilines is 1. The number of fused-ring (bicyclic) bond motifs is 2.